The zero-order valence-corrected chi connectivity index (χ0v) is 15.8. The summed E-state index contributed by atoms with van der Waals surface area (Å²) in [4.78, 5) is 25.4. The number of carboxylic acids is 1. The summed E-state index contributed by atoms with van der Waals surface area (Å²) >= 11 is 12.0. The molecular formula is C17H21Cl2NO5. The van der Waals surface area contributed by atoms with Gasteiger partial charge in [0, 0.05) is 13.1 Å². The van der Waals surface area contributed by atoms with Crippen LogP contribution in [0.3, 0.4) is 0 Å². The Bertz CT molecular complexity index is 659. The normalized spacial score (nSPS) is 21.6. The maximum Gasteiger partial charge on any atom is 0.410 e. The second kappa shape index (κ2) is 7.81. The van der Waals surface area contributed by atoms with E-state index in [4.69, 9.17) is 32.7 Å². The average molecular weight is 390 g/mol. The smallest absolute Gasteiger partial charge is 0.410 e. The second-order valence-electron chi connectivity index (χ2n) is 6.84. The molecule has 1 aliphatic rings. The number of ether oxygens (including phenoxy) is 2. The first-order valence-corrected chi connectivity index (χ1v) is 8.61. The number of hydrogen-bond acceptors (Lipinski definition) is 4. The van der Waals surface area contributed by atoms with Crippen molar-refractivity contribution in [2.75, 3.05) is 19.7 Å². The van der Waals surface area contributed by atoms with Crippen LogP contribution < -0.4 is 0 Å². The van der Waals surface area contributed by atoms with E-state index >= 15 is 0 Å². The number of hydrogen-bond donors (Lipinski definition) is 1. The fourth-order valence-corrected chi connectivity index (χ4v) is 2.85. The number of aliphatic carboxylic acids is 1. The highest BCUT2D eigenvalue weighted by Gasteiger charge is 2.37. The molecule has 25 heavy (non-hydrogen) atoms. The number of halogens is 2. The molecule has 0 bridgehead atoms. The van der Waals surface area contributed by atoms with E-state index in [1.54, 1.807) is 39.0 Å². The van der Waals surface area contributed by atoms with Gasteiger partial charge in [-0.05, 0) is 38.5 Å². The molecular weight excluding hydrogens is 369 g/mol. The molecule has 6 nitrogen and oxygen atoms in total. The minimum absolute atomic E-state index is 0.0187. The van der Waals surface area contributed by atoms with Crippen LogP contribution in [0.15, 0.2) is 18.2 Å². The lowest BCUT2D eigenvalue weighted by atomic mass is 9.95. The van der Waals surface area contributed by atoms with E-state index in [2.05, 4.69) is 0 Å². The highest BCUT2D eigenvalue weighted by atomic mass is 35.5. The number of benzene rings is 1. The van der Waals surface area contributed by atoms with Crippen LogP contribution in [-0.4, -0.2) is 47.4 Å². The van der Waals surface area contributed by atoms with Gasteiger partial charge in [0.25, 0.3) is 0 Å². The number of carbonyl (C=O) groups is 2. The molecule has 1 amide bonds. The van der Waals surface area contributed by atoms with Gasteiger partial charge in [0.05, 0.1) is 22.8 Å². The van der Waals surface area contributed by atoms with Crippen molar-refractivity contribution < 1.29 is 24.2 Å². The van der Waals surface area contributed by atoms with Gasteiger partial charge in [-0.2, -0.15) is 0 Å². The van der Waals surface area contributed by atoms with Gasteiger partial charge in [-0.1, -0.05) is 29.3 Å². The van der Waals surface area contributed by atoms with E-state index in [0.717, 1.165) is 0 Å². The van der Waals surface area contributed by atoms with Gasteiger partial charge < -0.3 is 19.5 Å². The van der Waals surface area contributed by atoms with Gasteiger partial charge in [-0.15, -0.1) is 0 Å². The SMILES string of the molecule is CC(C)(C)OC(=O)N1CCOC(c2ccc(Cl)c(Cl)c2)C(C(=O)O)C1. The van der Waals surface area contributed by atoms with Crippen molar-refractivity contribution in [2.45, 2.75) is 32.5 Å². The van der Waals surface area contributed by atoms with Crippen LogP contribution in [0.4, 0.5) is 4.79 Å². The molecule has 1 aliphatic heterocycles. The first-order chi connectivity index (χ1) is 11.6. The first-order valence-electron chi connectivity index (χ1n) is 7.86. The molecule has 8 heteroatoms. The average Bonchev–Trinajstić information content (AvgIpc) is 2.71. The fourth-order valence-electron chi connectivity index (χ4n) is 2.55. The molecule has 1 saturated heterocycles. The predicted molar refractivity (Wildman–Crippen MR) is 94.1 cm³/mol. The molecule has 0 spiro atoms. The van der Waals surface area contributed by atoms with Crippen molar-refractivity contribution in [2.24, 2.45) is 5.92 Å². The number of carbonyl (C=O) groups excluding carboxylic acids is 1. The largest absolute Gasteiger partial charge is 0.481 e. The summed E-state index contributed by atoms with van der Waals surface area (Å²) in [5.74, 6) is -2.02. The highest BCUT2D eigenvalue weighted by Crippen LogP contribution is 2.33. The molecule has 0 aliphatic carbocycles. The summed E-state index contributed by atoms with van der Waals surface area (Å²) < 4.78 is 11.1. The van der Waals surface area contributed by atoms with E-state index in [0.29, 0.717) is 15.6 Å². The van der Waals surface area contributed by atoms with Crippen molar-refractivity contribution in [1.29, 1.82) is 0 Å². The van der Waals surface area contributed by atoms with E-state index in [1.165, 1.54) is 4.90 Å². The predicted octanol–water partition coefficient (Wildman–Crippen LogP) is 4.00. The van der Waals surface area contributed by atoms with Crippen LogP contribution in [-0.2, 0) is 14.3 Å². The fraction of sp³-hybridized carbons (Fsp3) is 0.529. The standard InChI is InChI=1S/C17H21Cl2NO5/c1-17(2,3)25-16(23)20-6-7-24-14(11(9-20)15(21)22)10-4-5-12(18)13(19)8-10/h4-5,8,11,14H,6-7,9H2,1-3H3,(H,21,22). The summed E-state index contributed by atoms with van der Waals surface area (Å²) in [5.41, 5.74) is -0.0562. The van der Waals surface area contributed by atoms with Crippen molar-refractivity contribution >= 4 is 35.3 Å². The van der Waals surface area contributed by atoms with Crippen LogP contribution in [0.25, 0.3) is 0 Å². The lowest BCUT2D eigenvalue weighted by molar-refractivity contribution is -0.147. The highest BCUT2D eigenvalue weighted by molar-refractivity contribution is 6.42. The lowest BCUT2D eigenvalue weighted by Gasteiger charge is -2.28. The van der Waals surface area contributed by atoms with Gasteiger partial charge in [0.15, 0.2) is 0 Å². The second-order valence-corrected chi connectivity index (χ2v) is 7.65. The molecule has 0 aromatic heterocycles. The minimum Gasteiger partial charge on any atom is -0.481 e. The topological polar surface area (TPSA) is 76.1 Å². The Morgan fingerprint density at radius 2 is 1.96 bits per heavy atom. The van der Waals surface area contributed by atoms with Gasteiger partial charge in [0.2, 0.25) is 0 Å². The Morgan fingerprint density at radius 3 is 2.52 bits per heavy atom. The Hall–Kier alpha value is -1.50. The first kappa shape index (κ1) is 19.8. The summed E-state index contributed by atoms with van der Waals surface area (Å²) in [6.07, 6.45) is -1.29. The third-order valence-electron chi connectivity index (χ3n) is 3.68. The Kier molecular flexibility index (Phi) is 6.19. The maximum atomic E-state index is 12.3. The monoisotopic (exact) mass is 389 g/mol. The van der Waals surface area contributed by atoms with E-state index in [-0.39, 0.29) is 19.7 Å². The van der Waals surface area contributed by atoms with Crippen molar-refractivity contribution in [1.82, 2.24) is 4.90 Å². The van der Waals surface area contributed by atoms with E-state index in [1.807, 2.05) is 0 Å². The quantitative estimate of drug-likeness (QED) is 0.826. The van der Waals surface area contributed by atoms with Crippen LogP contribution in [0, 0.1) is 5.92 Å². The van der Waals surface area contributed by atoms with Gasteiger partial charge >= 0.3 is 12.1 Å². The van der Waals surface area contributed by atoms with Crippen LogP contribution in [0.5, 0.6) is 0 Å². The van der Waals surface area contributed by atoms with Crippen LogP contribution in [0.1, 0.15) is 32.4 Å². The van der Waals surface area contributed by atoms with Crippen LogP contribution >= 0.6 is 23.2 Å². The van der Waals surface area contributed by atoms with Gasteiger partial charge in [-0.3, -0.25) is 4.79 Å². The third kappa shape index (κ3) is 5.23. The Morgan fingerprint density at radius 1 is 1.28 bits per heavy atom. The van der Waals surface area contributed by atoms with Crippen LogP contribution in [0.2, 0.25) is 10.0 Å². The number of rotatable bonds is 2. The molecule has 0 saturated carbocycles. The number of amides is 1. The molecule has 1 fully saturated rings. The van der Waals surface area contributed by atoms with Crippen molar-refractivity contribution in [3.63, 3.8) is 0 Å². The number of carboxylic acid groups (broad SMARTS) is 1. The molecule has 1 aromatic carbocycles. The van der Waals surface area contributed by atoms with Crippen molar-refractivity contribution in [3.8, 4) is 0 Å². The van der Waals surface area contributed by atoms with Crippen molar-refractivity contribution in [3.05, 3.63) is 33.8 Å². The molecule has 2 atom stereocenters. The minimum atomic E-state index is -1.06. The third-order valence-corrected chi connectivity index (χ3v) is 4.42. The Labute approximate surface area is 156 Å². The molecule has 1 N–H and O–H groups in total. The summed E-state index contributed by atoms with van der Waals surface area (Å²) in [6.45, 7) is 5.69. The van der Waals surface area contributed by atoms with E-state index < -0.39 is 29.7 Å². The summed E-state index contributed by atoms with van der Waals surface area (Å²) in [5, 5.41) is 10.3. The van der Waals surface area contributed by atoms with E-state index in [9.17, 15) is 14.7 Å². The zero-order valence-electron chi connectivity index (χ0n) is 14.3. The maximum absolute atomic E-state index is 12.3. The summed E-state index contributed by atoms with van der Waals surface area (Å²) in [6, 6.07) is 4.86. The molecule has 0 radical (unpaired) electrons. The number of nitrogens with zero attached hydrogens (tertiary/aromatic N) is 1. The summed E-state index contributed by atoms with van der Waals surface area (Å²) in [7, 11) is 0. The lowest BCUT2D eigenvalue weighted by Crippen LogP contribution is -2.41. The zero-order chi connectivity index (χ0) is 18.8. The Balaban J connectivity index is 2.24. The molecule has 2 rings (SSSR count). The molecule has 1 aromatic rings. The van der Waals surface area contributed by atoms with Gasteiger partial charge in [-0.25, -0.2) is 4.79 Å². The molecule has 2 unspecified atom stereocenters. The molecule has 1 heterocycles. The molecule has 138 valence electrons. The van der Waals surface area contributed by atoms with Gasteiger partial charge in [0.1, 0.15) is 11.5 Å².